The number of nitrogens with two attached hydrogens (primary N) is 1. The van der Waals surface area contributed by atoms with E-state index < -0.39 is 17.6 Å². The van der Waals surface area contributed by atoms with Gasteiger partial charge in [-0.25, -0.2) is 4.79 Å². The SMILES string of the molecule is NC1(CC(=O)N2CCSCC2C(=O)O)CCCC1. The molecule has 0 aromatic heterocycles. The quantitative estimate of drug-likeness (QED) is 0.789. The van der Waals surface area contributed by atoms with Crippen LogP contribution < -0.4 is 5.73 Å². The van der Waals surface area contributed by atoms with Gasteiger partial charge in [0.1, 0.15) is 6.04 Å². The maximum absolute atomic E-state index is 12.2. The normalized spacial score (nSPS) is 27.2. The Hall–Kier alpha value is -0.750. The van der Waals surface area contributed by atoms with Gasteiger partial charge in [0, 0.05) is 30.0 Å². The minimum Gasteiger partial charge on any atom is -0.480 e. The molecular weight excluding hydrogens is 252 g/mol. The Kier molecular flexibility index (Phi) is 4.17. The highest BCUT2D eigenvalue weighted by Gasteiger charge is 2.37. The van der Waals surface area contributed by atoms with Crippen LogP contribution in [-0.4, -0.2) is 51.5 Å². The molecule has 1 saturated carbocycles. The summed E-state index contributed by atoms with van der Waals surface area (Å²) in [4.78, 5) is 24.9. The van der Waals surface area contributed by atoms with Gasteiger partial charge in [0.25, 0.3) is 0 Å². The molecule has 2 rings (SSSR count). The number of carboxylic acid groups (broad SMARTS) is 1. The molecule has 5 nitrogen and oxygen atoms in total. The summed E-state index contributed by atoms with van der Waals surface area (Å²) in [6.07, 6.45) is 4.18. The zero-order valence-corrected chi connectivity index (χ0v) is 11.2. The highest BCUT2D eigenvalue weighted by molar-refractivity contribution is 7.99. The molecule has 1 aliphatic carbocycles. The Balaban J connectivity index is 2.00. The van der Waals surface area contributed by atoms with Gasteiger partial charge in [-0.15, -0.1) is 0 Å². The van der Waals surface area contributed by atoms with Crippen LogP contribution in [0.15, 0.2) is 0 Å². The lowest BCUT2D eigenvalue weighted by atomic mass is 9.93. The number of aliphatic carboxylic acids is 1. The summed E-state index contributed by atoms with van der Waals surface area (Å²) >= 11 is 1.59. The molecule has 0 aromatic carbocycles. The molecule has 0 radical (unpaired) electrons. The molecule has 1 atom stereocenters. The summed E-state index contributed by atoms with van der Waals surface area (Å²) in [5.41, 5.74) is 5.79. The van der Waals surface area contributed by atoms with E-state index >= 15 is 0 Å². The number of rotatable bonds is 3. The van der Waals surface area contributed by atoms with Crippen LogP contribution in [0.5, 0.6) is 0 Å². The van der Waals surface area contributed by atoms with E-state index in [2.05, 4.69) is 0 Å². The highest BCUT2D eigenvalue weighted by atomic mass is 32.2. The molecule has 6 heteroatoms. The number of carbonyl (C=O) groups excluding carboxylic acids is 1. The molecule has 0 bridgehead atoms. The van der Waals surface area contributed by atoms with Gasteiger partial charge < -0.3 is 15.7 Å². The summed E-state index contributed by atoms with van der Waals surface area (Å²) in [6, 6.07) is -0.679. The van der Waals surface area contributed by atoms with Crippen LogP contribution in [0.2, 0.25) is 0 Å². The lowest BCUT2D eigenvalue weighted by molar-refractivity contribution is -0.149. The second kappa shape index (κ2) is 5.48. The Morgan fingerprint density at radius 2 is 2.06 bits per heavy atom. The van der Waals surface area contributed by atoms with Crippen molar-refractivity contribution in [2.24, 2.45) is 5.73 Å². The molecule has 0 spiro atoms. The van der Waals surface area contributed by atoms with Gasteiger partial charge in [-0.2, -0.15) is 11.8 Å². The van der Waals surface area contributed by atoms with Crippen molar-refractivity contribution >= 4 is 23.6 Å². The summed E-state index contributed by atoms with van der Waals surface area (Å²) < 4.78 is 0. The molecule has 1 unspecified atom stereocenters. The third kappa shape index (κ3) is 2.98. The minimum absolute atomic E-state index is 0.0906. The van der Waals surface area contributed by atoms with E-state index in [4.69, 9.17) is 10.8 Å². The van der Waals surface area contributed by atoms with Gasteiger partial charge in [-0.1, -0.05) is 12.8 Å². The first-order chi connectivity index (χ1) is 8.52. The highest BCUT2D eigenvalue weighted by Crippen LogP contribution is 2.31. The zero-order valence-electron chi connectivity index (χ0n) is 10.4. The van der Waals surface area contributed by atoms with Crippen LogP contribution in [0.1, 0.15) is 32.1 Å². The van der Waals surface area contributed by atoms with Crippen LogP contribution in [0.25, 0.3) is 0 Å². The second-order valence-corrected chi connectivity index (χ2v) is 6.41. The Morgan fingerprint density at radius 1 is 1.39 bits per heavy atom. The first-order valence-electron chi connectivity index (χ1n) is 6.41. The lowest BCUT2D eigenvalue weighted by Gasteiger charge is -2.35. The summed E-state index contributed by atoms with van der Waals surface area (Å²) in [5, 5.41) is 9.14. The predicted molar refractivity (Wildman–Crippen MR) is 70.5 cm³/mol. The third-order valence-electron chi connectivity index (χ3n) is 3.84. The maximum atomic E-state index is 12.2. The van der Waals surface area contributed by atoms with Crippen molar-refractivity contribution in [1.82, 2.24) is 4.90 Å². The predicted octanol–water partition coefficient (Wildman–Crippen LogP) is 0.677. The standard InChI is InChI=1S/C12H20N2O3S/c13-12(3-1-2-4-12)7-10(15)14-5-6-18-8-9(14)11(16)17/h9H,1-8,13H2,(H,16,17). The average molecular weight is 272 g/mol. The molecule has 1 amide bonds. The fraction of sp³-hybridized carbons (Fsp3) is 0.833. The number of nitrogens with zero attached hydrogens (tertiary/aromatic N) is 1. The van der Waals surface area contributed by atoms with Crippen molar-refractivity contribution in [3.05, 3.63) is 0 Å². The Morgan fingerprint density at radius 3 is 2.67 bits per heavy atom. The van der Waals surface area contributed by atoms with Crippen molar-refractivity contribution in [2.75, 3.05) is 18.1 Å². The number of carboxylic acids is 1. The van der Waals surface area contributed by atoms with Gasteiger partial charge in [-0.3, -0.25) is 4.79 Å². The molecule has 18 heavy (non-hydrogen) atoms. The smallest absolute Gasteiger partial charge is 0.327 e. The second-order valence-electron chi connectivity index (χ2n) is 5.26. The maximum Gasteiger partial charge on any atom is 0.327 e. The van der Waals surface area contributed by atoms with E-state index in [0.717, 1.165) is 31.4 Å². The molecule has 3 N–H and O–H groups in total. The largest absolute Gasteiger partial charge is 0.480 e. The first-order valence-corrected chi connectivity index (χ1v) is 7.56. The molecule has 102 valence electrons. The first kappa shape index (κ1) is 13.7. The summed E-state index contributed by atoms with van der Waals surface area (Å²) in [7, 11) is 0. The fourth-order valence-electron chi connectivity index (χ4n) is 2.77. The van der Waals surface area contributed by atoms with E-state index in [1.165, 1.54) is 4.90 Å². The van der Waals surface area contributed by atoms with E-state index in [1.807, 2.05) is 0 Å². The molecule has 1 saturated heterocycles. The van der Waals surface area contributed by atoms with Crippen LogP contribution in [0.4, 0.5) is 0 Å². The van der Waals surface area contributed by atoms with Crippen molar-refractivity contribution in [1.29, 1.82) is 0 Å². The van der Waals surface area contributed by atoms with E-state index in [1.54, 1.807) is 11.8 Å². The van der Waals surface area contributed by atoms with Gasteiger partial charge in [0.05, 0.1) is 0 Å². The number of amides is 1. The number of carbonyl (C=O) groups is 2. The van der Waals surface area contributed by atoms with Gasteiger partial charge >= 0.3 is 5.97 Å². The monoisotopic (exact) mass is 272 g/mol. The number of hydrogen-bond acceptors (Lipinski definition) is 4. The molecular formula is C12H20N2O3S. The van der Waals surface area contributed by atoms with Crippen LogP contribution in [0, 0.1) is 0 Å². The van der Waals surface area contributed by atoms with Crippen molar-refractivity contribution in [2.45, 2.75) is 43.7 Å². The number of hydrogen-bond donors (Lipinski definition) is 2. The minimum atomic E-state index is -0.909. The van der Waals surface area contributed by atoms with E-state index in [0.29, 0.717) is 18.7 Å². The van der Waals surface area contributed by atoms with Crippen LogP contribution in [0.3, 0.4) is 0 Å². The fourth-order valence-corrected chi connectivity index (χ4v) is 3.80. The zero-order chi connectivity index (χ0) is 13.2. The lowest BCUT2D eigenvalue weighted by Crippen LogP contribution is -2.53. The number of thioether (sulfide) groups is 1. The van der Waals surface area contributed by atoms with Gasteiger partial charge in [0.2, 0.25) is 5.91 Å². The Labute approximate surface area is 111 Å². The van der Waals surface area contributed by atoms with Gasteiger partial charge in [-0.05, 0) is 12.8 Å². The molecule has 2 fully saturated rings. The van der Waals surface area contributed by atoms with Crippen molar-refractivity contribution in [3.8, 4) is 0 Å². The van der Waals surface area contributed by atoms with Crippen molar-refractivity contribution < 1.29 is 14.7 Å². The van der Waals surface area contributed by atoms with E-state index in [-0.39, 0.29) is 5.91 Å². The van der Waals surface area contributed by atoms with Crippen LogP contribution in [-0.2, 0) is 9.59 Å². The van der Waals surface area contributed by atoms with Crippen molar-refractivity contribution in [3.63, 3.8) is 0 Å². The molecule has 1 heterocycles. The average Bonchev–Trinajstić information content (AvgIpc) is 2.75. The van der Waals surface area contributed by atoms with Crippen LogP contribution >= 0.6 is 11.8 Å². The van der Waals surface area contributed by atoms with Gasteiger partial charge in [0.15, 0.2) is 0 Å². The molecule has 2 aliphatic rings. The topological polar surface area (TPSA) is 83.6 Å². The third-order valence-corrected chi connectivity index (χ3v) is 4.86. The summed E-state index contributed by atoms with van der Waals surface area (Å²) in [5.74, 6) is 0.297. The molecule has 1 aliphatic heterocycles. The Bertz CT molecular complexity index is 342. The summed E-state index contributed by atoms with van der Waals surface area (Å²) in [6.45, 7) is 0.524. The molecule has 0 aromatic rings. The van der Waals surface area contributed by atoms with E-state index in [9.17, 15) is 9.59 Å².